The largest absolute Gasteiger partial charge is 0.405 e. The third-order valence-corrected chi connectivity index (χ3v) is 4.21. The molecule has 1 atom stereocenters. The minimum atomic E-state index is -4.36. The number of thiazole rings is 1. The Labute approximate surface area is 125 Å². The van der Waals surface area contributed by atoms with Crippen molar-refractivity contribution >= 4 is 17.2 Å². The first kappa shape index (κ1) is 16.2. The first-order valence-corrected chi connectivity index (χ1v) is 7.69. The van der Waals surface area contributed by atoms with Gasteiger partial charge in [0.05, 0.1) is 16.6 Å². The molecule has 0 unspecified atom stereocenters. The molecule has 1 aromatic heterocycles. The zero-order valence-corrected chi connectivity index (χ0v) is 12.6. The topological polar surface area (TPSA) is 45.2 Å². The van der Waals surface area contributed by atoms with E-state index in [1.807, 2.05) is 17.6 Å². The summed E-state index contributed by atoms with van der Waals surface area (Å²) in [7, 11) is 0. The number of aryl methyl sites for hydroxylation is 1. The Morgan fingerprint density at radius 2 is 2.33 bits per heavy atom. The molecule has 0 aliphatic carbocycles. The van der Waals surface area contributed by atoms with E-state index >= 15 is 0 Å². The number of hydrogen-bond donors (Lipinski definition) is 1. The highest BCUT2D eigenvalue weighted by atomic mass is 32.1. The molecule has 4 nitrogen and oxygen atoms in total. The molecule has 0 radical (unpaired) electrons. The highest BCUT2D eigenvalue weighted by Gasteiger charge is 2.31. The molecule has 118 valence electrons. The van der Waals surface area contributed by atoms with Crippen LogP contribution in [0.5, 0.6) is 0 Å². The number of halogens is 3. The van der Waals surface area contributed by atoms with Crippen molar-refractivity contribution in [2.45, 2.75) is 32.5 Å². The third-order valence-electron chi connectivity index (χ3n) is 3.39. The Kier molecular flexibility index (Phi) is 5.21. The molecular weight excluding hydrogens is 303 g/mol. The smallest absolute Gasteiger partial charge is 0.347 e. The lowest BCUT2D eigenvalue weighted by Gasteiger charge is -2.31. The third kappa shape index (κ3) is 5.28. The van der Waals surface area contributed by atoms with Crippen LogP contribution in [0, 0.1) is 12.8 Å². The molecule has 2 heterocycles. The summed E-state index contributed by atoms with van der Waals surface area (Å²) < 4.78 is 36.4. The molecule has 0 aromatic carbocycles. The minimum Gasteiger partial charge on any atom is -0.347 e. The average Bonchev–Trinajstić information content (AvgIpc) is 2.81. The molecule has 1 N–H and O–H groups in total. The molecule has 2 rings (SSSR count). The highest BCUT2D eigenvalue weighted by Crippen LogP contribution is 2.20. The summed E-state index contributed by atoms with van der Waals surface area (Å²) in [5.74, 6) is -0.882. The Morgan fingerprint density at radius 1 is 1.57 bits per heavy atom. The maximum Gasteiger partial charge on any atom is 0.405 e. The van der Waals surface area contributed by atoms with Gasteiger partial charge in [-0.25, -0.2) is 4.98 Å². The molecule has 0 spiro atoms. The summed E-state index contributed by atoms with van der Waals surface area (Å²) in [6, 6.07) is 0. The number of alkyl halides is 3. The molecule has 1 amide bonds. The van der Waals surface area contributed by atoms with Crippen LogP contribution < -0.4 is 5.32 Å². The van der Waals surface area contributed by atoms with Gasteiger partial charge in [0.1, 0.15) is 6.54 Å². The maximum absolute atomic E-state index is 12.1. The summed E-state index contributed by atoms with van der Waals surface area (Å²) >= 11 is 1.57. The Balaban J connectivity index is 1.84. The van der Waals surface area contributed by atoms with Crippen LogP contribution in [0.2, 0.25) is 0 Å². The van der Waals surface area contributed by atoms with Gasteiger partial charge in [-0.2, -0.15) is 13.2 Å². The maximum atomic E-state index is 12.1. The second-order valence-electron chi connectivity index (χ2n) is 5.27. The number of likely N-dealkylation sites (tertiary alicyclic amines) is 1. The van der Waals surface area contributed by atoms with Crippen LogP contribution in [0.3, 0.4) is 0 Å². The van der Waals surface area contributed by atoms with Crippen molar-refractivity contribution in [3.8, 4) is 0 Å². The van der Waals surface area contributed by atoms with Gasteiger partial charge in [-0.15, -0.1) is 11.3 Å². The standard InChI is InChI=1S/C13H18F3N3OS/c1-9-18-11(7-21-9)6-19-4-2-3-10(5-19)12(20)17-8-13(14,15)16/h7,10H,2-6,8H2,1H3,(H,17,20)/t10-/m1/s1. The molecule has 1 saturated heterocycles. The van der Waals surface area contributed by atoms with Gasteiger partial charge in [0.2, 0.25) is 5.91 Å². The summed E-state index contributed by atoms with van der Waals surface area (Å²) in [5.41, 5.74) is 0.953. The van der Waals surface area contributed by atoms with E-state index in [1.54, 1.807) is 11.3 Å². The van der Waals surface area contributed by atoms with E-state index < -0.39 is 18.6 Å². The predicted octanol–water partition coefficient (Wildman–Crippen LogP) is 2.34. The van der Waals surface area contributed by atoms with E-state index in [1.165, 1.54) is 0 Å². The lowest BCUT2D eigenvalue weighted by Crippen LogP contribution is -2.44. The first-order chi connectivity index (χ1) is 9.83. The summed E-state index contributed by atoms with van der Waals surface area (Å²) in [5, 5.41) is 4.94. The second-order valence-corrected chi connectivity index (χ2v) is 6.33. The van der Waals surface area contributed by atoms with Crippen LogP contribution in [-0.2, 0) is 11.3 Å². The number of hydrogen-bond acceptors (Lipinski definition) is 4. The van der Waals surface area contributed by atoms with Gasteiger partial charge in [-0.05, 0) is 26.3 Å². The minimum absolute atomic E-state index is 0.374. The van der Waals surface area contributed by atoms with Crippen LogP contribution >= 0.6 is 11.3 Å². The number of carbonyl (C=O) groups is 1. The first-order valence-electron chi connectivity index (χ1n) is 6.81. The molecule has 21 heavy (non-hydrogen) atoms. The Morgan fingerprint density at radius 3 is 2.95 bits per heavy atom. The molecule has 1 aliphatic heterocycles. The van der Waals surface area contributed by atoms with Crippen LogP contribution in [0.15, 0.2) is 5.38 Å². The van der Waals surface area contributed by atoms with Crippen molar-refractivity contribution in [3.63, 3.8) is 0 Å². The number of nitrogens with one attached hydrogen (secondary N) is 1. The van der Waals surface area contributed by atoms with Gasteiger partial charge in [-0.3, -0.25) is 9.69 Å². The fourth-order valence-corrected chi connectivity index (χ4v) is 3.06. The van der Waals surface area contributed by atoms with Crippen molar-refractivity contribution < 1.29 is 18.0 Å². The monoisotopic (exact) mass is 321 g/mol. The van der Waals surface area contributed by atoms with E-state index in [4.69, 9.17) is 0 Å². The Bertz CT molecular complexity index is 489. The van der Waals surface area contributed by atoms with Gasteiger partial charge < -0.3 is 5.32 Å². The number of rotatable bonds is 4. The highest BCUT2D eigenvalue weighted by molar-refractivity contribution is 7.09. The van der Waals surface area contributed by atoms with Crippen LogP contribution in [0.25, 0.3) is 0 Å². The zero-order chi connectivity index (χ0) is 15.5. The average molecular weight is 321 g/mol. The number of nitrogens with zero attached hydrogens (tertiary/aromatic N) is 2. The molecular formula is C13H18F3N3OS. The fourth-order valence-electron chi connectivity index (χ4n) is 2.45. The van der Waals surface area contributed by atoms with E-state index in [0.29, 0.717) is 19.5 Å². The van der Waals surface area contributed by atoms with Crippen molar-refractivity contribution in [2.24, 2.45) is 5.92 Å². The number of amides is 1. The van der Waals surface area contributed by atoms with E-state index in [2.05, 4.69) is 9.88 Å². The molecule has 8 heteroatoms. The van der Waals surface area contributed by atoms with Crippen LogP contribution in [-0.4, -0.2) is 41.6 Å². The predicted molar refractivity (Wildman–Crippen MR) is 73.9 cm³/mol. The van der Waals surface area contributed by atoms with Gasteiger partial charge in [0.15, 0.2) is 0 Å². The SMILES string of the molecule is Cc1nc(CN2CCC[C@@H](C(=O)NCC(F)(F)F)C2)cs1. The fraction of sp³-hybridized carbons (Fsp3) is 0.692. The lowest BCUT2D eigenvalue weighted by molar-refractivity contribution is -0.141. The van der Waals surface area contributed by atoms with Gasteiger partial charge in [-0.1, -0.05) is 0 Å². The van der Waals surface area contributed by atoms with Crippen LogP contribution in [0.4, 0.5) is 13.2 Å². The normalized spacial score (nSPS) is 20.5. The van der Waals surface area contributed by atoms with Gasteiger partial charge in [0, 0.05) is 18.5 Å². The molecule has 0 saturated carbocycles. The molecule has 1 fully saturated rings. The Hall–Kier alpha value is -1.15. The van der Waals surface area contributed by atoms with Crippen molar-refractivity contribution in [1.29, 1.82) is 0 Å². The summed E-state index contributed by atoms with van der Waals surface area (Å²) in [4.78, 5) is 18.2. The van der Waals surface area contributed by atoms with E-state index in [9.17, 15) is 18.0 Å². The van der Waals surface area contributed by atoms with Gasteiger partial charge >= 0.3 is 6.18 Å². The van der Waals surface area contributed by atoms with Crippen molar-refractivity contribution in [1.82, 2.24) is 15.2 Å². The van der Waals surface area contributed by atoms with E-state index in [-0.39, 0.29) is 5.92 Å². The van der Waals surface area contributed by atoms with Crippen molar-refractivity contribution in [2.75, 3.05) is 19.6 Å². The summed E-state index contributed by atoms with van der Waals surface area (Å²) in [6.45, 7) is 2.65. The lowest BCUT2D eigenvalue weighted by atomic mass is 9.97. The number of carbonyl (C=O) groups excluding carboxylic acids is 1. The van der Waals surface area contributed by atoms with Crippen molar-refractivity contribution in [3.05, 3.63) is 16.1 Å². The molecule has 0 bridgehead atoms. The quantitative estimate of drug-likeness (QED) is 0.926. The van der Waals surface area contributed by atoms with E-state index in [0.717, 1.165) is 23.7 Å². The number of aromatic nitrogens is 1. The second kappa shape index (κ2) is 6.74. The summed E-state index contributed by atoms with van der Waals surface area (Å²) in [6.07, 6.45) is -2.91. The molecule has 1 aliphatic rings. The number of piperidine rings is 1. The van der Waals surface area contributed by atoms with Crippen LogP contribution in [0.1, 0.15) is 23.5 Å². The zero-order valence-electron chi connectivity index (χ0n) is 11.7. The van der Waals surface area contributed by atoms with Gasteiger partial charge in [0.25, 0.3) is 0 Å². The molecule has 1 aromatic rings.